The predicted octanol–water partition coefficient (Wildman–Crippen LogP) is 2.53. The van der Waals surface area contributed by atoms with Crippen molar-refractivity contribution < 1.29 is 4.79 Å². The van der Waals surface area contributed by atoms with Crippen molar-refractivity contribution in [2.24, 2.45) is 4.99 Å². The van der Waals surface area contributed by atoms with E-state index in [4.69, 9.17) is 0 Å². The Labute approximate surface area is 101 Å². The fraction of sp³-hybridized carbons (Fsp3) is 0.286. The molecule has 17 heavy (non-hydrogen) atoms. The van der Waals surface area contributed by atoms with Gasteiger partial charge in [0.25, 0.3) is 5.91 Å². The van der Waals surface area contributed by atoms with Crippen LogP contribution in [0, 0.1) is 0 Å². The number of hydrogen-bond donors (Lipinski definition) is 1. The van der Waals surface area contributed by atoms with Crippen molar-refractivity contribution in [1.82, 2.24) is 5.32 Å². The topological polar surface area (TPSA) is 41.5 Å². The molecule has 1 N–H and O–H groups in total. The lowest BCUT2D eigenvalue weighted by atomic mass is 10.1. The Hall–Kier alpha value is -1.90. The lowest BCUT2D eigenvalue weighted by Gasteiger charge is -1.97. The van der Waals surface area contributed by atoms with E-state index < -0.39 is 0 Å². The highest BCUT2D eigenvalue weighted by Gasteiger charge is 2.17. The number of amides is 1. The number of nitrogens with zero attached hydrogens (tertiary/aromatic N) is 1. The molecule has 1 aliphatic rings. The Morgan fingerprint density at radius 1 is 1.18 bits per heavy atom. The number of hydrogen-bond acceptors (Lipinski definition) is 2. The molecule has 0 bridgehead atoms. The van der Waals surface area contributed by atoms with Gasteiger partial charge in [0, 0.05) is 6.42 Å². The molecule has 0 radical (unpaired) electrons. The van der Waals surface area contributed by atoms with Gasteiger partial charge in [-0.15, -0.1) is 0 Å². The second kappa shape index (κ2) is 4.95. The van der Waals surface area contributed by atoms with Crippen LogP contribution in [0.25, 0.3) is 6.08 Å². The molecule has 0 atom stereocenters. The Kier molecular flexibility index (Phi) is 3.38. The molecule has 1 aromatic carbocycles. The molecular formula is C14H16N2O. The molecule has 0 unspecified atom stereocenters. The van der Waals surface area contributed by atoms with E-state index in [1.54, 1.807) is 0 Å². The highest BCUT2D eigenvalue weighted by atomic mass is 16.2. The van der Waals surface area contributed by atoms with Crippen LogP contribution in [0.5, 0.6) is 0 Å². The second-order valence-corrected chi connectivity index (χ2v) is 3.99. The molecule has 0 saturated heterocycles. The third-order valence-electron chi connectivity index (χ3n) is 2.77. The van der Waals surface area contributed by atoms with Gasteiger partial charge in [-0.2, -0.15) is 0 Å². The normalized spacial score (nSPS) is 17.2. The van der Waals surface area contributed by atoms with Crippen molar-refractivity contribution in [2.75, 3.05) is 0 Å². The van der Waals surface area contributed by atoms with Crippen LogP contribution in [0.3, 0.4) is 0 Å². The van der Waals surface area contributed by atoms with Gasteiger partial charge in [0.1, 0.15) is 11.5 Å². The number of nitrogens with one attached hydrogen (secondary N) is 1. The lowest BCUT2D eigenvalue weighted by molar-refractivity contribution is -0.115. The molecule has 1 aromatic rings. The summed E-state index contributed by atoms with van der Waals surface area (Å²) in [5.74, 6) is 0.632. The highest BCUT2D eigenvalue weighted by Crippen LogP contribution is 2.13. The number of rotatable bonds is 3. The summed E-state index contributed by atoms with van der Waals surface area (Å²) >= 11 is 0. The van der Waals surface area contributed by atoms with Gasteiger partial charge < -0.3 is 5.32 Å². The third kappa shape index (κ3) is 2.61. The number of amidine groups is 1. The van der Waals surface area contributed by atoms with Crippen molar-refractivity contribution in [3.05, 3.63) is 41.1 Å². The molecule has 1 amide bonds. The molecule has 0 spiro atoms. The average Bonchev–Trinajstić information content (AvgIpc) is 2.71. The summed E-state index contributed by atoms with van der Waals surface area (Å²) < 4.78 is 0. The maximum Gasteiger partial charge on any atom is 0.275 e. The van der Waals surface area contributed by atoms with Crippen molar-refractivity contribution in [1.29, 1.82) is 0 Å². The van der Waals surface area contributed by atoms with Crippen molar-refractivity contribution in [2.45, 2.75) is 26.7 Å². The van der Waals surface area contributed by atoms with Crippen molar-refractivity contribution >= 4 is 17.8 Å². The zero-order valence-electron chi connectivity index (χ0n) is 10.2. The molecule has 1 aliphatic heterocycles. The maximum atomic E-state index is 11.6. The SMILES string of the molecule is CCC1=N/C(=C/c2ccc(CC)cc2)C(=O)N1. The Bertz CT molecular complexity index is 483. The molecule has 3 nitrogen and oxygen atoms in total. The summed E-state index contributed by atoms with van der Waals surface area (Å²) in [5, 5.41) is 2.74. The maximum absolute atomic E-state index is 11.6. The molecule has 2 rings (SSSR count). The lowest BCUT2D eigenvalue weighted by Crippen LogP contribution is -2.22. The number of aryl methyl sites for hydroxylation is 1. The van der Waals surface area contributed by atoms with E-state index in [0.717, 1.165) is 24.2 Å². The number of aliphatic imine (C=N–C) groups is 1. The van der Waals surface area contributed by atoms with Crippen LogP contribution in [0.4, 0.5) is 0 Å². The number of carbonyl (C=O) groups excluding carboxylic acids is 1. The Morgan fingerprint density at radius 3 is 2.41 bits per heavy atom. The highest BCUT2D eigenvalue weighted by molar-refractivity contribution is 6.14. The van der Waals surface area contributed by atoms with E-state index in [0.29, 0.717) is 5.70 Å². The van der Waals surface area contributed by atoms with Gasteiger partial charge in [0.2, 0.25) is 0 Å². The predicted molar refractivity (Wildman–Crippen MR) is 69.7 cm³/mol. The fourth-order valence-electron chi connectivity index (χ4n) is 1.69. The largest absolute Gasteiger partial charge is 0.309 e. The average molecular weight is 228 g/mol. The molecule has 0 aliphatic carbocycles. The van der Waals surface area contributed by atoms with Gasteiger partial charge in [-0.3, -0.25) is 4.79 Å². The Morgan fingerprint density at radius 2 is 1.88 bits per heavy atom. The van der Waals surface area contributed by atoms with Gasteiger partial charge in [0.15, 0.2) is 0 Å². The van der Waals surface area contributed by atoms with E-state index >= 15 is 0 Å². The first-order valence-electron chi connectivity index (χ1n) is 5.92. The minimum atomic E-state index is -0.110. The minimum Gasteiger partial charge on any atom is -0.309 e. The molecule has 0 aromatic heterocycles. The number of benzene rings is 1. The van der Waals surface area contributed by atoms with Crippen LogP contribution in [0.15, 0.2) is 35.0 Å². The number of carbonyl (C=O) groups is 1. The fourth-order valence-corrected chi connectivity index (χ4v) is 1.69. The van der Waals surface area contributed by atoms with Crippen LogP contribution in [0.2, 0.25) is 0 Å². The van der Waals surface area contributed by atoms with E-state index in [1.165, 1.54) is 5.56 Å². The first kappa shape index (κ1) is 11.6. The zero-order chi connectivity index (χ0) is 12.3. The van der Waals surface area contributed by atoms with Gasteiger partial charge in [-0.05, 0) is 23.6 Å². The van der Waals surface area contributed by atoms with E-state index in [9.17, 15) is 4.79 Å². The standard InChI is InChI=1S/C14H16N2O/c1-3-10-5-7-11(8-6-10)9-12-14(17)16-13(4-2)15-12/h5-9H,3-4H2,1-2H3,(H,15,16,17)/b12-9+. The molecular weight excluding hydrogens is 212 g/mol. The third-order valence-corrected chi connectivity index (χ3v) is 2.77. The smallest absolute Gasteiger partial charge is 0.275 e. The Balaban J connectivity index is 2.23. The van der Waals surface area contributed by atoms with E-state index in [2.05, 4.69) is 29.4 Å². The van der Waals surface area contributed by atoms with Crippen molar-refractivity contribution in [3.63, 3.8) is 0 Å². The van der Waals surface area contributed by atoms with Crippen molar-refractivity contribution in [3.8, 4) is 0 Å². The first-order valence-corrected chi connectivity index (χ1v) is 5.92. The quantitative estimate of drug-likeness (QED) is 0.793. The summed E-state index contributed by atoms with van der Waals surface area (Å²) in [6, 6.07) is 8.17. The summed E-state index contributed by atoms with van der Waals surface area (Å²) in [4.78, 5) is 15.8. The summed E-state index contributed by atoms with van der Waals surface area (Å²) in [6.07, 6.45) is 3.59. The van der Waals surface area contributed by atoms with Crippen LogP contribution in [-0.4, -0.2) is 11.7 Å². The molecule has 0 fully saturated rings. The molecule has 0 saturated carbocycles. The van der Waals surface area contributed by atoms with Gasteiger partial charge in [-0.1, -0.05) is 38.1 Å². The van der Waals surface area contributed by atoms with Crippen LogP contribution < -0.4 is 5.32 Å². The van der Waals surface area contributed by atoms with Crippen LogP contribution in [0.1, 0.15) is 31.4 Å². The van der Waals surface area contributed by atoms with E-state index in [-0.39, 0.29) is 5.91 Å². The summed E-state index contributed by atoms with van der Waals surface area (Å²) in [5.41, 5.74) is 2.79. The monoisotopic (exact) mass is 228 g/mol. The molecule has 1 heterocycles. The summed E-state index contributed by atoms with van der Waals surface area (Å²) in [6.45, 7) is 4.09. The second-order valence-electron chi connectivity index (χ2n) is 3.99. The molecule has 88 valence electrons. The van der Waals surface area contributed by atoms with Gasteiger partial charge in [-0.25, -0.2) is 4.99 Å². The van der Waals surface area contributed by atoms with Gasteiger partial charge >= 0.3 is 0 Å². The summed E-state index contributed by atoms with van der Waals surface area (Å²) in [7, 11) is 0. The molecule has 3 heteroatoms. The zero-order valence-corrected chi connectivity index (χ0v) is 10.2. The van der Waals surface area contributed by atoms with Gasteiger partial charge in [0.05, 0.1) is 0 Å². The van der Waals surface area contributed by atoms with Crippen LogP contribution in [-0.2, 0) is 11.2 Å². The minimum absolute atomic E-state index is 0.110. The van der Waals surface area contributed by atoms with E-state index in [1.807, 2.05) is 25.1 Å². The van der Waals surface area contributed by atoms with Crippen LogP contribution >= 0.6 is 0 Å². The first-order chi connectivity index (χ1) is 8.22.